The van der Waals surface area contributed by atoms with Crippen LogP contribution in [0.5, 0.6) is 0 Å². The zero-order valence-electron chi connectivity index (χ0n) is 8.35. The summed E-state index contributed by atoms with van der Waals surface area (Å²) in [5, 5.41) is 8.65. The molecule has 6 nitrogen and oxygen atoms in total. The molecule has 6 heteroatoms. The van der Waals surface area contributed by atoms with Gasteiger partial charge in [0.2, 0.25) is 0 Å². The number of aromatic nitrogens is 2. The molecule has 2 rings (SSSR count). The number of hydrogen-bond donors (Lipinski definition) is 2. The molecular formula is C10H8N2O4. The summed E-state index contributed by atoms with van der Waals surface area (Å²) in [5.41, 5.74) is -1.10. The lowest BCUT2D eigenvalue weighted by atomic mass is 10.3. The minimum atomic E-state index is -1.31. The lowest BCUT2D eigenvalue weighted by Gasteiger charge is -1.97. The molecule has 2 aromatic heterocycles. The summed E-state index contributed by atoms with van der Waals surface area (Å²) in [6.07, 6.45) is 1.01. The Hall–Kier alpha value is -2.37. The van der Waals surface area contributed by atoms with E-state index in [0.29, 0.717) is 11.5 Å². The van der Waals surface area contributed by atoms with Gasteiger partial charge in [0.1, 0.15) is 11.3 Å². The van der Waals surface area contributed by atoms with Crippen LogP contribution in [0, 0.1) is 6.92 Å². The van der Waals surface area contributed by atoms with Crippen molar-refractivity contribution in [3.63, 3.8) is 0 Å². The minimum absolute atomic E-state index is 0.211. The number of furan rings is 1. The van der Waals surface area contributed by atoms with Crippen LogP contribution in [0.2, 0.25) is 0 Å². The summed E-state index contributed by atoms with van der Waals surface area (Å²) in [5.74, 6) is -0.0227. The van der Waals surface area contributed by atoms with Crippen LogP contribution in [-0.2, 0) is 0 Å². The average molecular weight is 220 g/mol. The van der Waals surface area contributed by atoms with Crippen LogP contribution in [0.15, 0.2) is 27.5 Å². The standard InChI is InChI=1S/C10H8N2O4/c1-5-2-3-7(16-5)8-11-4-6(10(14)15)9(13)12-8/h2-4H,1H3,(H,14,15)(H,11,12,13). The van der Waals surface area contributed by atoms with E-state index < -0.39 is 17.1 Å². The van der Waals surface area contributed by atoms with Gasteiger partial charge in [0, 0.05) is 6.20 Å². The maximum Gasteiger partial charge on any atom is 0.342 e. The van der Waals surface area contributed by atoms with Gasteiger partial charge in [0.15, 0.2) is 11.6 Å². The number of carboxylic acids is 1. The zero-order valence-corrected chi connectivity index (χ0v) is 8.35. The highest BCUT2D eigenvalue weighted by Gasteiger charge is 2.12. The van der Waals surface area contributed by atoms with E-state index in [0.717, 1.165) is 6.20 Å². The fourth-order valence-corrected chi connectivity index (χ4v) is 1.23. The molecule has 16 heavy (non-hydrogen) atoms. The molecule has 0 saturated heterocycles. The topological polar surface area (TPSA) is 96.2 Å². The molecule has 2 aromatic rings. The van der Waals surface area contributed by atoms with Gasteiger partial charge in [-0.15, -0.1) is 0 Å². The first-order valence-corrected chi connectivity index (χ1v) is 4.47. The van der Waals surface area contributed by atoms with Gasteiger partial charge in [-0.2, -0.15) is 0 Å². The molecule has 0 unspecified atom stereocenters. The average Bonchev–Trinajstić information content (AvgIpc) is 2.64. The number of carbonyl (C=O) groups is 1. The van der Waals surface area contributed by atoms with Crippen molar-refractivity contribution in [3.05, 3.63) is 40.0 Å². The van der Waals surface area contributed by atoms with E-state index in [-0.39, 0.29) is 5.82 Å². The Bertz CT molecular complexity index is 597. The monoisotopic (exact) mass is 220 g/mol. The summed E-state index contributed by atoms with van der Waals surface area (Å²) < 4.78 is 5.24. The molecule has 0 atom stereocenters. The molecule has 82 valence electrons. The van der Waals surface area contributed by atoms with Crippen LogP contribution in [0.3, 0.4) is 0 Å². The fourth-order valence-electron chi connectivity index (χ4n) is 1.23. The van der Waals surface area contributed by atoms with Crippen molar-refractivity contribution >= 4 is 5.97 Å². The molecule has 0 aliphatic carbocycles. The summed E-state index contributed by atoms with van der Waals surface area (Å²) >= 11 is 0. The van der Waals surface area contributed by atoms with E-state index in [1.165, 1.54) is 0 Å². The maximum atomic E-state index is 11.3. The molecule has 0 fully saturated rings. The number of aromatic amines is 1. The first-order chi connectivity index (χ1) is 7.58. The molecule has 0 radical (unpaired) electrons. The molecule has 2 N–H and O–H groups in total. The van der Waals surface area contributed by atoms with Gasteiger partial charge in [-0.1, -0.05) is 0 Å². The second kappa shape index (κ2) is 3.65. The highest BCUT2D eigenvalue weighted by molar-refractivity contribution is 5.86. The predicted octanol–water partition coefficient (Wildman–Crippen LogP) is 1.04. The molecular weight excluding hydrogens is 212 g/mol. The normalized spacial score (nSPS) is 10.3. The second-order valence-electron chi connectivity index (χ2n) is 3.19. The number of nitrogens with zero attached hydrogens (tertiary/aromatic N) is 1. The third-order valence-corrected chi connectivity index (χ3v) is 2.00. The quantitative estimate of drug-likeness (QED) is 0.788. The van der Waals surface area contributed by atoms with Crippen molar-refractivity contribution in [3.8, 4) is 11.6 Å². The number of hydrogen-bond acceptors (Lipinski definition) is 4. The van der Waals surface area contributed by atoms with Crippen LogP contribution in [0.4, 0.5) is 0 Å². The van der Waals surface area contributed by atoms with E-state index >= 15 is 0 Å². The van der Waals surface area contributed by atoms with E-state index in [4.69, 9.17) is 9.52 Å². The summed E-state index contributed by atoms with van der Waals surface area (Å²) in [4.78, 5) is 28.1. The lowest BCUT2D eigenvalue weighted by Crippen LogP contribution is -2.18. The second-order valence-corrected chi connectivity index (χ2v) is 3.19. The van der Waals surface area contributed by atoms with E-state index in [1.54, 1.807) is 19.1 Å². The van der Waals surface area contributed by atoms with Crippen LogP contribution in [-0.4, -0.2) is 21.0 Å². The van der Waals surface area contributed by atoms with E-state index in [2.05, 4.69) is 9.97 Å². The van der Waals surface area contributed by atoms with Crippen LogP contribution >= 0.6 is 0 Å². The Morgan fingerprint density at radius 3 is 2.75 bits per heavy atom. The van der Waals surface area contributed by atoms with Gasteiger partial charge < -0.3 is 14.5 Å². The number of carboxylic acid groups (broad SMARTS) is 1. The van der Waals surface area contributed by atoms with Gasteiger partial charge in [-0.25, -0.2) is 9.78 Å². The van der Waals surface area contributed by atoms with E-state index in [1.807, 2.05) is 0 Å². The number of nitrogens with one attached hydrogen (secondary N) is 1. The minimum Gasteiger partial charge on any atom is -0.477 e. The molecule has 0 aromatic carbocycles. The summed E-state index contributed by atoms with van der Waals surface area (Å²) in [6, 6.07) is 3.37. The number of aromatic carboxylic acids is 1. The molecule has 0 saturated carbocycles. The number of aryl methyl sites for hydroxylation is 1. The number of rotatable bonds is 2. The van der Waals surface area contributed by atoms with Crippen molar-refractivity contribution in [2.45, 2.75) is 6.92 Å². The van der Waals surface area contributed by atoms with Crippen LogP contribution in [0.25, 0.3) is 11.6 Å². The van der Waals surface area contributed by atoms with Gasteiger partial charge in [-0.3, -0.25) is 4.79 Å². The fraction of sp³-hybridized carbons (Fsp3) is 0.100. The molecule has 0 aliphatic rings. The Morgan fingerprint density at radius 1 is 1.50 bits per heavy atom. The maximum absolute atomic E-state index is 11.3. The highest BCUT2D eigenvalue weighted by Crippen LogP contribution is 2.16. The lowest BCUT2D eigenvalue weighted by molar-refractivity contribution is 0.0694. The molecule has 0 bridgehead atoms. The molecule has 0 spiro atoms. The SMILES string of the molecule is Cc1ccc(-c2ncc(C(=O)O)c(=O)[nH]2)o1. The van der Waals surface area contributed by atoms with E-state index in [9.17, 15) is 9.59 Å². The largest absolute Gasteiger partial charge is 0.477 e. The third-order valence-electron chi connectivity index (χ3n) is 2.00. The van der Waals surface area contributed by atoms with Crippen LogP contribution < -0.4 is 5.56 Å². The van der Waals surface area contributed by atoms with Gasteiger partial charge >= 0.3 is 5.97 Å². The Kier molecular flexibility index (Phi) is 2.32. The Balaban J connectivity index is 2.50. The van der Waals surface area contributed by atoms with Crippen molar-refractivity contribution in [1.29, 1.82) is 0 Å². The zero-order chi connectivity index (χ0) is 11.7. The van der Waals surface area contributed by atoms with Crippen molar-refractivity contribution in [2.24, 2.45) is 0 Å². The van der Waals surface area contributed by atoms with Crippen molar-refractivity contribution < 1.29 is 14.3 Å². The molecule has 2 heterocycles. The van der Waals surface area contributed by atoms with Crippen molar-refractivity contribution in [1.82, 2.24) is 9.97 Å². The molecule has 0 amide bonds. The third kappa shape index (κ3) is 1.72. The highest BCUT2D eigenvalue weighted by atomic mass is 16.4. The summed E-state index contributed by atoms with van der Waals surface area (Å²) in [6.45, 7) is 1.76. The number of H-pyrrole nitrogens is 1. The van der Waals surface area contributed by atoms with Gasteiger partial charge in [0.05, 0.1) is 0 Å². The predicted molar refractivity (Wildman–Crippen MR) is 54.3 cm³/mol. The van der Waals surface area contributed by atoms with Gasteiger partial charge in [-0.05, 0) is 19.1 Å². The Morgan fingerprint density at radius 2 is 2.25 bits per heavy atom. The van der Waals surface area contributed by atoms with Gasteiger partial charge in [0.25, 0.3) is 5.56 Å². The first kappa shape index (κ1) is 10.2. The smallest absolute Gasteiger partial charge is 0.342 e. The van der Waals surface area contributed by atoms with Crippen molar-refractivity contribution in [2.75, 3.05) is 0 Å². The Labute approximate surface area is 89.6 Å². The summed E-state index contributed by atoms with van der Waals surface area (Å²) in [7, 11) is 0. The molecule has 0 aliphatic heterocycles. The first-order valence-electron chi connectivity index (χ1n) is 4.47. The van der Waals surface area contributed by atoms with Crippen LogP contribution in [0.1, 0.15) is 16.1 Å².